The number of nitrogens with one attached hydrogen (secondary N) is 3. The molecule has 0 saturated heterocycles. The van der Waals surface area contributed by atoms with Crippen LogP contribution < -0.4 is 20.7 Å². The minimum Gasteiger partial charge on any atom is -0.494 e. The van der Waals surface area contributed by atoms with Crippen molar-refractivity contribution in [3.8, 4) is 17.1 Å². The SMILES string of the molecule is CCCCOc1ccc(NC(=O)[C@@H](C)Sc2ccc(NC(=O)/C(=C/c3ccc(-c4ccc(Br)cc4)o3)NC(=O)c3ccccc3)cc2)cc1. The third kappa shape index (κ3) is 10.5. The fourth-order valence-electron chi connectivity index (χ4n) is 4.57. The standard InChI is InChI=1S/C39H36BrN3O5S/c1-3-4-24-47-32-18-14-30(15-19-32)41-37(44)26(2)49-34-21-16-31(17-22-34)42-39(46)35(43-38(45)28-8-6-5-7-9-28)25-33-20-23-36(48-33)27-10-12-29(40)13-11-27/h5-23,25-26H,3-4,24H2,1-2H3,(H,41,44)(H,42,46)(H,43,45)/b35-25-/t26-/m1/s1. The number of ether oxygens (including phenoxy) is 1. The summed E-state index contributed by atoms with van der Waals surface area (Å²) in [6.07, 6.45) is 3.55. The second-order valence-electron chi connectivity index (χ2n) is 11.0. The van der Waals surface area contributed by atoms with Gasteiger partial charge >= 0.3 is 0 Å². The molecule has 1 atom stereocenters. The molecule has 1 aromatic heterocycles. The molecule has 4 aromatic carbocycles. The van der Waals surface area contributed by atoms with Crippen molar-refractivity contribution in [3.63, 3.8) is 0 Å². The number of furan rings is 1. The number of carbonyl (C=O) groups excluding carboxylic acids is 3. The molecule has 10 heteroatoms. The van der Waals surface area contributed by atoms with Crippen molar-refractivity contribution >= 4 is 62.9 Å². The molecule has 0 fully saturated rings. The maximum atomic E-state index is 13.5. The predicted molar refractivity (Wildman–Crippen MR) is 200 cm³/mol. The number of rotatable bonds is 14. The summed E-state index contributed by atoms with van der Waals surface area (Å²) >= 11 is 4.83. The summed E-state index contributed by atoms with van der Waals surface area (Å²) in [6.45, 7) is 4.62. The minimum atomic E-state index is -0.527. The number of anilines is 2. The van der Waals surface area contributed by atoms with E-state index in [-0.39, 0.29) is 16.9 Å². The lowest BCUT2D eigenvalue weighted by atomic mass is 10.2. The number of amides is 3. The summed E-state index contributed by atoms with van der Waals surface area (Å²) in [6, 6.07) is 34.4. The van der Waals surface area contributed by atoms with Crippen molar-refractivity contribution < 1.29 is 23.5 Å². The normalized spacial score (nSPS) is 11.8. The van der Waals surface area contributed by atoms with Gasteiger partial charge in [0.05, 0.1) is 11.9 Å². The van der Waals surface area contributed by atoms with E-state index in [1.807, 2.05) is 73.7 Å². The van der Waals surface area contributed by atoms with Crippen molar-refractivity contribution in [2.75, 3.05) is 17.2 Å². The van der Waals surface area contributed by atoms with Gasteiger partial charge in [-0.3, -0.25) is 14.4 Å². The molecule has 0 aliphatic rings. The van der Waals surface area contributed by atoms with E-state index in [0.29, 0.717) is 35.1 Å². The maximum absolute atomic E-state index is 13.5. The second kappa shape index (κ2) is 17.4. The molecule has 0 spiro atoms. The van der Waals surface area contributed by atoms with Crippen LogP contribution in [0.5, 0.6) is 5.75 Å². The molecule has 3 amide bonds. The molecule has 0 saturated carbocycles. The zero-order valence-electron chi connectivity index (χ0n) is 27.1. The molecule has 0 bridgehead atoms. The molecule has 5 rings (SSSR count). The topological polar surface area (TPSA) is 110 Å². The van der Waals surface area contributed by atoms with Crippen LogP contribution in [0, 0.1) is 0 Å². The van der Waals surface area contributed by atoms with Gasteiger partial charge in [-0.05, 0) is 98.3 Å². The van der Waals surface area contributed by atoms with Crippen LogP contribution in [0.1, 0.15) is 42.8 Å². The highest BCUT2D eigenvalue weighted by Crippen LogP contribution is 2.27. The van der Waals surface area contributed by atoms with E-state index in [2.05, 4.69) is 38.8 Å². The summed E-state index contributed by atoms with van der Waals surface area (Å²) in [5.74, 6) is 0.694. The number of hydrogen-bond acceptors (Lipinski definition) is 6. The van der Waals surface area contributed by atoms with Crippen LogP contribution in [-0.4, -0.2) is 29.6 Å². The lowest BCUT2D eigenvalue weighted by Gasteiger charge is -2.14. The lowest BCUT2D eigenvalue weighted by molar-refractivity contribution is -0.115. The van der Waals surface area contributed by atoms with Crippen molar-refractivity contribution in [1.82, 2.24) is 5.32 Å². The number of halogens is 1. The molecule has 0 unspecified atom stereocenters. The first-order valence-corrected chi connectivity index (χ1v) is 17.5. The summed E-state index contributed by atoms with van der Waals surface area (Å²) in [4.78, 5) is 40.3. The third-order valence-electron chi connectivity index (χ3n) is 7.25. The Kier molecular flexibility index (Phi) is 12.5. The van der Waals surface area contributed by atoms with E-state index >= 15 is 0 Å². The average molecular weight is 739 g/mol. The van der Waals surface area contributed by atoms with Crippen LogP contribution in [0.25, 0.3) is 17.4 Å². The lowest BCUT2D eigenvalue weighted by Crippen LogP contribution is -2.30. The molecular formula is C39H36BrN3O5S. The summed E-state index contributed by atoms with van der Waals surface area (Å²) in [7, 11) is 0. The highest BCUT2D eigenvalue weighted by atomic mass is 79.9. The van der Waals surface area contributed by atoms with Crippen LogP contribution in [0.4, 0.5) is 11.4 Å². The molecule has 3 N–H and O–H groups in total. The zero-order chi connectivity index (χ0) is 34.6. The number of carbonyl (C=O) groups is 3. The predicted octanol–water partition coefficient (Wildman–Crippen LogP) is 9.42. The Hall–Kier alpha value is -5.06. The summed E-state index contributed by atoms with van der Waals surface area (Å²) in [5.41, 5.74) is 2.50. The molecule has 0 radical (unpaired) electrons. The van der Waals surface area contributed by atoms with E-state index in [0.717, 1.165) is 33.5 Å². The summed E-state index contributed by atoms with van der Waals surface area (Å²) in [5, 5.41) is 8.15. The van der Waals surface area contributed by atoms with Crippen LogP contribution in [0.3, 0.4) is 0 Å². The molecule has 250 valence electrons. The van der Waals surface area contributed by atoms with Gasteiger partial charge in [0.2, 0.25) is 5.91 Å². The van der Waals surface area contributed by atoms with Gasteiger partial charge in [-0.15, -0.1) is 11.8 Å². The van der Waals surface area contributed by atoms with E-state index in [9.17, 15) is 14.4 Å². The van der Waals surface area contributed by atoms with Crippen LogP contribution in [0.2, 0.25) is 0 Å². The van der Waals surface area contributed by atoms with Gasteiger partial charge in [0, 0.05) is 37.9 Å². The molecule has 1 heterocycles. The minimum absolute atomic E-state index is 0.00913. The van der Waals surface area contributed by atoms with Crippen molar-refractivity contribution in [3.05, 3.63) is 137 Å². The molecule has 0 aliphatic heterocycles. The first-order chi connectivity index (χ1) is 23.8. The molecule has 49 heavy (non-hydrogen) atoms. The highest BCUT2D eigenvalue weighted by molar-refractivity contribution is 9.10. The van der Waals surface area contributed by atoms with E-state index < -0.39 is 11.8 Å². The Morgan fingerprint density at radius 1 is 0.837 bits per heavy atom. The van der Waals surface area contributed by atoms with Crippen LogP contribution in [0.15, 0.2) is 135 Å². The number of benzene rings is 4. The van der Waals surface area contributed by atoms with E-state index in [4.69, 9.17) is 9.15 Å². The van der Waals surface area contributed by atoms with Gasteiger partial charge in [0.25, 0.3) is 11.8 Å². The summed E-state index contributed by atoms with van der Waals surface area (Å²) < 4.78 is 12.6. The van der Waals surface area contributed by atoms with Crippen LogP contribution in [-0.2, 0) is 9.59 Å². The first-order valence-electron chi connectivity index (χ1n) is 15.8. The fraction of sp³-hybridized carbons (Fsp3) is 0.154. The zero-order valence-corrected chi connectivity index (χ0v) is 29.5. The molecule has 8 nitrogen and oxygen atoms in total. The van der Waals surface area contributed by atoms with E-state index in [1.165, 1.54) is 17.8 Å². The van der Waals surface area contributed by atoms with Gasteiger partial charge in [-0.1, -0.05) is 59.6 Å². The van der Waals surface area contributed by atoms with Gasteiger partial charge in [-0.25, -0.2) is 0 Å². The van der Waals surface area contributed by atoms with Gasteiger partial charge < -0.3 is 25.1 Å². The molecule has 0 aliphatic carbocycles. The number of unbranched alkanes of at least 4 members (excludes halogenated alkanes) is 1. The molecule has 5 aromatic rings. The Bertz CT molecular complexity index is 1890. The highest BCUT2D eigenvalue weighted by Gasteiger charge is 2.18. The number of hydrogen-bond donors (Lipinski definition) is 3. The van der Waals surface area contributed by atoms with Gasteiger partial charge in [-0.2, -0.15) is 0 Å². The Labute approximate surface area is 298 Å². The monoisotopic (exact) mass is 737 g/mol. The quantitative estimate of drug-likeness (QED) is 0.0595. The van der Waals surface area contributed by atoms with Crippen molar-refractivity contribution in [2.45, 2.75) is 36.8 Å². The second-order valence-corrected chi connectivity index (χ2v) is 13.4. The largest absolute Gasteiger partial charge is 0.494 e. The Morgan fingerprint density at radius 2 is 1.51 bits per heavy atom. The van der Waals surface area contributed by atoms with Crippen molar-refractivity contribution in [2.24, 2.45) is 0 Å². The number of thioether (sulfide) groups is 1. The maximum Gasteiger partial charge on any atom is 0.272 e. The molecular weight excluding hydrogens is 702 g/mol. The first kappa shape index (κ1) is 35.3. The van der Waals surface area contributed by atoms with Gasteiger partial charge in [0.1, 0.15) is 23.0 Å². The third-order valence-corrected chi connectivity index (χ3v) is 8.89. The van der Waals surface area contributed by atoms with Crippen molar-refractivity contribution in [1.29, 1.82) is 0 Å². The fourth-order valence-corrected chi connectivity index (χ4v) is 5.70. The van der Waals surface area contributed by atoms with Crippen LogP contribution >= 0.6 is 27.7 Å². The van der Waals surface area contributed by atoms with E-state index in [1.54, 1.807) is 48.5 Å². The van der Waals surface area contributed by atoms with Gasteiger partial charge in [0.15, 0.2) is 0 Å². The smallest absolute Gasteiger partial charge is 0.272 e. The Morgan fingerprint density at radius 3 is 2.20 bits per heavy atom. The Balaban J connectivity index is 1.23. The average Bonchev–Trinajstić information content (AvgIpc) is 3.58.